The van der Waals surface area contributed by atoms with E-state index in [0.29, 0.717) is 0 Å². The number of benzene rings is 7. The molecule has 2 aromatic heterocycles. The summed E-state index contributed by atoms with van der Waals surface area (Å²) in [4.78, 5) is 9.50. The van der Waals surface area contributed by atoms with E-state index in [4.69, 9.17) is 14.4 Å². The molecule has 0 atom stereocenters. The van der Waals surface area contributed by atoms with E-state index in [9.17, 15) is 0 Å². The largest absolute Gasteiger partial charge is 0.455 e. The van der Waals surface area contributed by atoms with E-state index >= 15 is 0 Å². The molecule has 200 valence electrons. The SMILES string of the molecule is c1ccc(-c2ccc3c4ccccc4c4nccnc4c3c2)c(-c2ccc(-c3cccc4c3oc3ccccc34)cc2)c1. The van der Waals surface area contributed by atoms with Crippen LogP contribution >= 0.6 is 0 Å². The lowest BCUT2D eigenvalue weighted by molar-refractivity contribution is 0.670. The van der Waals surface area contributed by atoms with E-state index in [-0.39, 0.29) is 0 Å². The van der Waals surface area contributed by atoms with Crippen LogP contribution in [0.1, 0.15) is 0 Å². The monoisotopic (exact) mass is 548 g/mol. The molecule has 0 aliphatic rings. The Morgan fingerprint density at radius 1 is 0.372 bits per heavy atom. The second-order valence-corrected chi connectivity index (χ2v) is 11.0. The highest BCUT2D eigenvalue weighted by Crippen LogP contribution is 2.40. The van der Waals surface area contributed by atoms with E-state index in [1.165, 1.54) is 27.5 Å². The van der Waals surface area contributed by atoms with Crippen molar-refractivity contribution in [1.82, 2.24) is 9.97 Å². The van der Waals surface area contributed by atoms with Gasteiger partial charge in [-0.3, -0.25) is 9.97 Å². The molecular weight excluding hydrogens is 524 g/mol. The van der Waals surface area contributed by atoms with Gasteiger partial charge in [0.15, 0.2) is 0 Å². The third-order valence-corrected chi connectivity index (χ3v) is 8.59. The fraction of sp³-hybridized carbons (Fsp3) is 0. The molecule has 0 N–H and O–H groups in total. The third kappa shape index (κ3) is 3.68. The number of aromatic nitrogens is 2. The van der Waals surface area contributed by atoms with Crippen molar-refractivity contribution in [2.75, 3.05) is 0 Å². The molecule has 9 aromatic rings. The number of rotatable bonds is 3. The Hall–Kier alpha value is -5.80. The maximum absolute atomic E-state index is 6.31. The molecule has 3 nitrogen and oxygen atoms in total. The number of para-hydroxylation sites is 2. The Labute approximate surface area is 247 Å². The van der Waals surface area contributed by atoms with Crippen LogP contribution in [0.5, 0.6) is 0 Å². The Morgan fingerprint density at radius 2 is 0.907 bits per heavy atom. The summed E-state index contributed by atoms with van der Waals surface area (Å²) >= 11 is 0. The number of hydrogen-bond donors (Lipinski definition) is 0. The zero-order valence-electron chi connectivity index (χ0n) is 23.2. The molecule has 3 heteroatoms. The average molecular weight is 549 g/mol. The van der Waals surface area contributed by atoms with Crippen LogP contribution in [0.25, 0.3) is 87.9 Å². The van der Waals surface area contributed by atoms with Gasteiger partial charge in [0, 0.05) is 39.5 Å². The number of nitrogens with zero attached hydrogens (tertiary/aromatic N) is 2. The van der Waals surface area contributed by atoms with Gasteiger partial charge in [0.1, 0.15) is 11.2 Å². The lowest BCUT2D eigenvalue weighted by Gasteiger charge is -2.14. The summed E-state index contributed by atoms with van der Waals surface area (Å²) in [7, 11) is 0. The molecule has 0 radical (unpaired) electrons. The number of furan rings is 1. The predicted octanol–water partition coefficient (Wildman–Crippen LogP) is 10.8. The highest BCUT2D eigenvalue weighted by atomic mass is 16.3. The van der Waals surface area contributed by atoms with Crippen molar-refractivity contribution in [2.24, 2.45) is 0 Å². The average Bonchev–Trinajstić information content (AvgIpc) is 3.47. The number of hydrogen-bond acceptors (Lipinski definition) is 3. The van der Waals surface area contributed by atoms with E-state index in [1.807, 2.05) is 12.1 Å². The van der Waals surface area contributed by atoms with Gasteiger partial charge < -0.3 is 4.42 Å². The summed E-state index contributed by atoms with van der Waals surface area (Å²) < 4.78 is 6.31. The van der Waals surface area contributed by atoms with E-state index < -0.39 is 0 Å². The van der Waals surface area contributed by atoms with Gasteiger partial charge in [-0.1, -0.05) is 121 Å². The topological polar surface area (TPSA) is 38.9 Å². The summed E-state index contributed by atoms with van der Waals surface area (Å²) in [5, 5.41) is 6.92. The van der Waals surface area contributed by atoms with E-state index in [1.54, 1.807) is 12.4 Å². The number of fused-ring (bicyclic) bond motifs is 9. The molecule has 9 rings (SSSR count). The summed E-state index contributed by atoms with van der Waals surface area (Å²) in [6.45, 7) is 0. The van der Waals surface area contributed by atoms with Crippen molar-refractivity contribution in [1.29, 1.82) is 0 Å². The van der Waals surface area contributed by atoms with Gasteiger partial charge in [-0.25, -0.2) is 0 Å². The standard InChI is InChI=1S/C40H24N2O/c1-2-9-29(27-20-21-32-31-10-3-4-12-34(31)38-39(36(32)24-27)42-23-22-41-38)28(8-1)25-16-18-26(19-17-25)30-13-7-14-35-33-11-5-6-15-37(33)43-40(30)35/h1-24H. The summed E-state index contributed by atoms with van der Waals surface area (Å²) in [6, 6.07) is 47.3. The maximum atomic E-state index is 6.31. The Kier molecular flexibility index (Phi) is 5.20. The second-order valence-electron chi connectivity index (χ2n) is 11.0. The molecule has 0 spiro atoms. The first kappa shape index (κ1) is 23.9. The second kappa shape index (κ2) is 9.37. The normalized spacial score (nSPS) is 11.7. The maximum Gasteiger partial charge on any atom is 0.143 e. The van der Waals surface area contributed by atoms with Gasteiger partial charge in [-0.05, 0) is 50.7 Å². The van der Waals surface area contributed by atoms with Crippen molar-refractivity contribution in [3.8, 4) is 33.4 Å². The van der Waals surface area contributed by atoms with Crippen molar-refractivity contribution in [2.45, 2.75) is 0 Å². The van der Waals surface area contributed by atoms with Crippen LogP contribution in [0.2, 0.25) is 0 Å². The molecule has 0 fully saturated rings. The summed E-state index contributed by atoms with van der Waals surface area (Å²) in [6.07, 6.45) is 3.56. The Morgan fingerprint density at radius 3 is 1.70 bits per heavy atom. The smallest absolute Gasteiger partial charge is 0.143 e. The molecular formula is C40H24N2O. The molecule has 0 aliphatic heterocycles. The highest BCUT2D eigenvalue weighted by molar-refractivity contribution is 6.23. The zero-order valence-corrected chi connectivity index (χ0v) is 23.2. The first-order valence-electron chi connectivity index (χ1n) is 14.5. The quantitative estimate of drug-likeness (QED) is 0.206. The minimum Gasteiger partial charge on any atom is -0.455 e. The van der Waals surface area contributed by atoms with Gasteiger partial charge in [0.25, 0.3) is 0 Å². The highest BCUT2D eigenvalue weighted by Gasteiger charge is 2.15. The molecule has 43 heavy (non-hydrogen) atoms. The molecule has 0 saturated heterocycles. The van der Waals surface area contributed by atoms with Crippen molar-refractivity contribution >= 4 is 54.5 Å². The molecule has 2 heterocycles. The van der Waals surface area contributed by atoms with Crippen LogP contribution in [-0.4, -0.2) is 9.97 Å². The summed E-state index contributed by atoms with van der Waals surface area (Å²) in [5.41, 5.74) is 10.6. The van der Waals surface area contributed by atoms with Gasteiger partial charge >= 0.3 is 0 Å². The van der Waals surface area contributed by atoms with Gasteiger partial charge in [-0.2, -0.15) is 0 Å². The fourth-order valence-electron chi connectivity index (χ4n) is 6.59. The zero-order chi connectivity index (χ0) is 28.3. The first-order valence-corrected chi connectivity index (χ1v) is 14.5. The Bertz CT molecular complexity index is 2470. The van der Waals surface area contributed by atoms with Crippen LogP contribution < -0.4 is 0 Å². The molecule has 0 saturated carbocycles. The van der Waals surface area contributed by atoms with Crippen molar-refractivity contribution in [3.05, 3.63) is 146 Å². The lowest BCUT2D eigenvalue weighted by Crippen LogP contribution is -1.90. The van der Waals surface area contributed by atoms with Crippen LogP contribution in [0, 0.1) is 0 Å². The van der Waals surface area contributed by atoms with Gasteiger partial charge in [0.05, 0.1) is 11.0 Å². The molecule has 0 amide bonds. The van der Waals surface area contributed by atoms with Gasteiger partial charge in [-0.15, -0.1) is 0 Å². The predicted molar refractivity (Wildman–Crippen MR) is 178 cm³/mol. The van der Waals surface area contributed by atoms with Gasteiger partial charge in [0.2, 0.25) is 0 Å². The summed E-state index contributed by atoms with van der Waals surface area (Å²) in [5.74, 6) is 0. The molecule has 7 aromatic carbocycles. The minimum absolute atomic E-state index is 0.914. The first-order chi connectivity index (χ1) is 21.3. The van der Waals surface area contributed by atoms with Crippen LogP contribution in [0.15, 0.2) is 150 Å². The molecule has 0 bridgehead atoms. The molecule has 0 unspecified atom stereocenters. The fourth-order valence-corrected chi connectivity index (χ4v) is 6.59. The lowest BCUT2D eigenvalue weighted by atomic mass is 9.91. The van der Waals surface area contributed by atoms with Crippen LogP contribution in [-0.2, 0) is 0 Å². The molecule has 0 aliphatic carbocycles. The van der Waals surface area contributed by atoms with E-state index in [0.717, 1.165) is 60.4 Å². The van der Waals surface area contributed by atoms with Crippen molar-refractivity contribution < 1.29 is 4.42 Å². The Balaban J connectivity index is 1.17. The van der Waals surface area contributed by atoms with Crippen LogP contribution in [0.4, 0.5) is 0 Å². The minimum atomic E-state index is 0.914. The van der Waals surface area contributed by atoms with Crippen LogP contribution in [0.3, 0.4) is 0 Å². The van der Waals surface area contributed by atoms with Crippen molar-refractivity contribution in [3.63, 3.8) is 0 Å². The third-order valence-electron chi connectivity index (χ3n) is 8.59. The van der Waals surface area contributed by atoms with E-state index in [2.05, 4.69) is 121 Å².